The summed E-state index contributed by atoms with van der Waals surface area (Å²) >= 11 is 0. The molecule has 20 heavy (non-hydrogen) atoms. The molecule has 0 aromatic heterocycles. The van der Waals surface area contributed by atoms with Crippen molar-refractivity contribution in [2.45, 2.75) is 64.9 Å². The summed E-state index contributed by atoms with van der Waals surface area (Å²) in [5.74, 6) is 0.906. The Kier molecular flexibility index (Phi) is 8.86. The lowest BCUT2D eigenvalue weighted by atomic mass is 10.1. The van der Waals surface area contributed by atoms with E-state index >= 15 is 0 Å². The van der Waals surface area contributed by atoms with E-state index in [4.69, 9.17) is 10.5 Å². The van der Waals surface area contributed by atoms with Crippen LogP contribution in [0, 0.1) is 5.92 Å². The third-order valence-electron chi connectivity index (χ3n) is 3.80. The van der Waals surface area contributed by atoms with Gasteiger partial charge in [0.05, 0.1) is 6.10 Å². The van der Waals surface area contributed by atoms with Crippen molar-refractivity contribution in [3.05, 3.63) is 0 Å². The van der Waals surface area contributed by atoms with Crippen LogP contribution >= 0.6 is 0 Å². The van der Waals surface area contributed by atoms with Crippen LogP contribution in [0.1, 0.15) is 58.8 Å². The predicted molar refractivity (Wildman–Crippen MR) is 82.5 cm³/mol. The van der Waals surface area contributed by atoms with Crippen molar-refractivity contribution in [2.75, 3.05) is 26.2 Å². The Morgan fingerprint density at radius 3 is 2.45 bits per heavy atom. The van der Waals surface area contributed by atoms with Crippen LogP contribution in [-0.2, 0) is 9.53 Å². The zero-order valence-corrected chi connectivity index (χ0v) is 13.3. The lowest BCUT2D eigenvalue weighted by Gasteiger charge is -2.32. The van der Waals surface area contributed by atoms with Gasteiger partial charge in [-0.05, 0) is 38.1 Å². The van der Waals surface area contributed by atoms with Gasteiger partial charge in [0, 0.05) is 26.1 Å². The molecule has 1 aliphatic rings. The molecule has 0 atom stereocenters. The number of amides is 1. The molecule has 118 valence electrons. The first-order valence-corrected chi connectivity index (χ1v) is 8.23. The van der Waals surface area contributed by atoms with Gasteiger partial charge in [-0.2, -0.15) is 0 Å². The van der Waals surface area contributed by atoms with E-state index in [1.54, 1.807) is 0 Å². The average molecular weight is 284 g/mol. The van der Waals surface area contributed by atoms with E-state index in [1.807, 2.05) is 4.90 Å². The molecule has 1 aliphatic heterocycles. The summed E-state index contributed by atoms with van der Waals surface area (Å²) < 4.78 is 5.85. The van der Waals surface area contributed by atoms with Crippen molar-refractivity contribution in [2.24, 2.45) is 11.7 Å². The van der Waals surface area contributed by atoms with Gasteiger partial charge in [-0.3, -0.25) is 4.79 Å². The molecule has 1 saturated heterocycles. The van der Waals surface area contributed by atoms with Crippen LogP contribution in [0.25, 0.3) is 0 Å². The second-order valence-corrected chi connectivity index (χ2v) is 6.26. The number of carbonyl (C=O) groups excluding carboxylic acids is 1. The van der Waals surface area contributed by atoms with Crippen LogP contribution < -0.4 is 5.73 Å². The summed E-state index contributed by atoms with van der Waals surface area (Å²) in [5.41, 5.74) is 5.46. The van der Waals surface area contributed by atoms with E-state index in [9.17, 15) is 4.79 Å². The molecule has 1 amide bonds. The van der Waals surface area contributed by atoms with Crippen molar-refractivity contribution >= 4 is 5.91 Å². The first kappa shape index (κ1) is 17.4. The van der Waals surface area contributed by atoms with Gasteiger partial charge in [0.25, 0.3) is 0 Å². The van der Waals surface area contributed by atoms with Crippen molar-refractivity contribution < 1.29 is 9.53 Å². The van der Waals surface area contributed by atoms with Crippen LogP contribution in [0.3, 0.4) is 0 Å². The number of carbonyl (C=O) groups is 1. The number of nitrogens with zero attached hydrogens (tertiary/aromatic N) is 1. The molecule has 0 unspecified atom stereocenters. The molecule has 4 heteroatoms. The molecule has 4 nitrogen and oxygen atoms in total. The monoisotopic (exact) mass is 284 g/mol. The molecular weight excluding hydrogens is 252 g/mol. The van der Waals surface area contributed by atoms with Crippen LogP contribution in [0.5, 0.6) is 0 Å². The fraction of sp³-hybridized carbons (Fsp3) is 0.938. The lowest BCUT2D eigenvalue weighted by molar-refractivity contribution is -0.134. The van der Waals surface area contributed by atoms with Crippen LogP contribution in [0.2, 0.25) is 0 Å². The Labute approximate surface area is 124 Å². The molecule has 0 bridgehead atoms. The number of nitrogens with two attached hydrogens (primary N) is 1. The standard InChI is InChI=1S/C16H32N2O2/c1-14(2)13-20-15-8-11-18(12-9-15)16(19)7-5-3-4-6-10-17/h14-15H,3-13,17H2,1-2H3. The van der Waals surface area contributed by atoms with E-state index in [-0.39, 0.29) is 0 Å². The maximum Gasteiger partial charge on any atom is 0.222 e. The molecule has 2 N–H and O–H groups in total. The maximum atomic E-state index is 12.1. The highest BCUT2D eigenvalue weighted by molar-refractivity contribution is 5.76. The second-order valence-electron chi connectivity index (χ2n) is 6.26. The molecule has 0 aliphatic carbocycles. The Morgan fingerprint density at radius 2 is 1.85 bits per heavy atom. The topological polar surface area (TPSA) is 55.6 Å². The van der Waals surface area contributed by atoms with Crippen LogP contribution in [0.4, 0.5) is 0 Å². The minimum Gasteiger partial charge on any atom is -0.378 e. The van der Waals surface area contributed by atoms with Crippen LogP contribution in [0.15, 0.2) is 0 Å². The van der Waals surface area contributed by atoms with E-state index in [2.05, 4.69) is 13.8 Å². The smallest absolute Gasteiger partial charge is 0.222 e. The largest absolute Gasteiger partial charge is 0.378 e. The zero-order valence-electron chi connectivity index (χ0n) is 13.3. The van der Waals surface area contributed by atoms with Gasteiger partial charge in [0.2, 0.25) is 5.91 Å². The first-order chi connectivity index (χ1) is 9.63. The van der Waals surface area contributed by atoms with Crippen molar-refractivity contribution in [3.63, 3.8) is 0 Å². The van der Waals surface area contributed by atoms with Gasteiger partial charge in [0.15, 0.2) is 0 Å². The van der Waals surface area contributed by atoms with Gasteiger partial charge < -0.3 is 15.4 Å². The fourth-order valence-corrected chi connectivity index (χ4v) is 2.53. The highest BCUT2D eigenvalue weighted by Crippen LogP contribution is 2.16. The van der Waals surface area contributed by atoms with Gasteiger partial charge >= 0.3 is 0 Å². The van der Waals surface area contributed by atoms with Crippen molar-refractivity contribution in [1.82, 2.24) is 4.90 Å². The Hall–Kier alpha value is -0.610. The fourth-order valence-electron chi connectivity index (χ4n) is 2.53. The Bertz CT molecular complexity index is 261. The number of piperidine rings is 1. The summed E-state index contributed by atoms with van der Waals surface area (Å²) in [6.45, 7) is 7.67. The normalized spacial score (nSPS) is 16.9. The van der Waals surface area contributed by atoms with Crippen LogP contribution in [-0.4, -0.2) is 43.2 Å². The average Bonchev–Trinajstić information content (AvgIpc) is 2.45. The minimum atomic E-state index is 0.319. The Morgan fingerprint density at radius 1 is 1.20 bits per heavy atom. The van der Waals surface area contributed by atoms with E-state index in [0.29, 0.717) is 24.3 Å². The maximum absolute atomic E-state index is 12.1. The Balaban J connectivity index is 2.09. The van der Waals surface area contributed by atoms with E-state index < -0.39 is 0 Å². The lowest BCUT2D eigenvalue weighted by Crippen LogP contribution is -2.41. The molecule has 0 radical (unpaired) electrons. The third kappa shape index (κ3) is 7.25. The number of hydrogen-bond donors (Lipinski definition) is 1. The molecule has 0 saturated carbocycles. The van der Waals surface area contributed by atoms with Gasteiger partial charge in [-0.15, -0.1) is 0 Å². The minimum absolute atomic E-state index is 0.319. The molecule has 1 heterocycles. The highest BCUT2D eigenvalue weighted by Gasteiger charge is 2.22. The van der Waals surface area contributed by atoms with E-state index in [0.717, 1.165) is 64.8 Å². The number of unbranched alkanes of at least 4 members (excludes halogenated alkanes) is 3. The summed E-state index contributed by atoms with van der Waals surface area (Å²) in [7, 11) is 0. The second kappa shape index (κ2) is 10.2. The number of likely N-dealkylation sites (tertiary alicyclic amines) is 1. The number of hydrogen-bond acceptors (Lipinski definition) is 3. The summed E-state index contributed by atoms with van der Waals surface area (Å²) in [5, 5.41) is 0. The summed E-state index contributed by atoms with van der Waals surface area (Å²) in [6, 6.07) is 0. The number of ether oxygens (including phenoxy) is 1. The molecule has 0 spiro atoms. The quantitative estimate of drug-likeness (QED) is 0.662. The molecule has 0 aromatic rings. The number of rotatable bonds is 9. The first-order valence-electron chi connectivity index (χ1n) is 8.23. The van der Waals surface area contributed by atoms with E-state index in [1.165, 1.54) is 0 Å². The third-order valence-corrected chi connectivity index (χ3v) is 3.80. The zero-order chi connectivity index (χ0) is 14.8. The summed E-state index contributed by atoms with van der Waals surface area (Å²) in [4.78, 5) is 14.1. The summed E-state index contributed by atoms with van der Waals surface area (Å²) in [6.07, 6.45) is 7.38. The highest BCUT2D eigenvalue weighted by atomic mass is 16.5. The molecular formula is C16H32N2O2. The molecule has 1 fully saturated rings. The van der Waals surface area contributed by atoms with Gasteiger partial charge in [-0.25, -0.2) is 0 Å². The molecule has 1 rings (SSSR count). The predicted octanol–water partition coefficient (Wildman–Crippen LogP) is 2.56. The molecule has 0 aromatic carbocycles. The SMILES string of the molecule is CC(C)COC1CCN(C(=O)CCCCCCN)CC1. The van der Waals surface area contributed by atoms with Gasteiger partial charge in [0.1, 0.15) is 0 Å². The van der Waals surface area contributed by atoms with Crippen molar-refractivity contribution in [3.8, 4) is 0 Å². The van der Waals surface area contributed by atoms with Crippen molar-refractivity contribution in [1.29, 1.82) is 0 Å². The van der Waals surface area contributed by atoms with Gasteiger partial charge in [-0.1, -0.05) is 26.7 Å².